The van der Waals surface area contributed by atoms with Crippen LogP contribution in [0.15, 0.2) is 58.9 Å². The SMILES string of the molecule is N#C/C(=C/N1CCN(C(=O)c2ccco2)CC1)C(=O)N1CCCc2ccccc21. The van der Waals surface area contributed by atoms with Gasteiger partial charge in [-0.3, -0.25) is 9.59 Å². The molecular weight excluding hydrogens is 368 g/mol. The number of fused-ring (bicyclic) bond motifs is 1. The van der Waals surface area contributed by atoms with E-state index in [1.165, 1.54) is 6.26 Å². The summed E-state index contributed by atoms with van der Waals surface area (Å²) in [4.78, 5) is 30.7. The lowest BCUT2D eigenvalue weighted by Gasteiger charge is -2.34. The van der Waals surface area contributed by atoms with E-state index in [1.807, 2.05) is 29.2 Å². The number of nitrogens with zero attached hydrogens (tertiary/aromatic N) is 4. The van der Waals surface area contributed by atoms with E-state index in [9.17, 15) is 14.9 Å². The second kappa shape index (κ2) is 8.23. The van der Waals surface area contributed by atoms with Crippen LogP contribution in [0.3, 0.4) is 0 Å². The maximum atomic E-state index is 13.0. The number of amides is 2. The molecule has 0 aliphatic carbocycles. The molecule has 4 rings (SSSR count). The van der Waals surface area contributed by atoms with E-state index in [0.29, 0.717) is 38.5 Å². The fourth-order valence-corrected chi connectivity index (χ4v) is 3.81. The molecule has 7 heteroatoms. The Morgan fingerprint density at radius 3 is 2.55 bits per heavy atom. The molecule has 0 atom stereocenters. The van der Waals surface area contributed by atoms with Crippen LogP contribution in [0.25, 0.3) is 0 Å². The average molecular weight is 390 g/mol. The van der Waals surface area contributed by atoms with Gasteiger partial charge in [0.1, 0.15) is 11.6 Å². The zero-order chi connectivity index (χ0) is 20.2. The van der Waals surface area contributed by atoms with Gasteiger partial charge in [-0.25, -0.2) is 0 Å². The fourth-order valence-electron chi connectivity index (χ4n) is 3.81. The van der Waals surface area contributed by atoms with Crippen LogP contribution in [0, 0.1) is 11.3 Å². The topological polar surface area (TPSA) is 80.8 Å². The molecule has 1 aromatic carbocycles. The van der Waals surface area contributed by atoms with Gasteiger partial charge in [-0.15, -0.1) is 0 Å². The summed E-state index contributed by atoms with van der Waals surface area (Å²) in [7, 11) is 0. The minimum Gasteiger partial charge on any atom is -0.459 e. The molecule has 0 bridgehead atoms. The van der Waals surface area contributed by atoms with Crippen LogP contribution in [-0.2, 0) is 11.2 Å². The van der Waals surface area contributed by atoms with Crippen LogP contribution < -0.4 is 4.90 Å². The Kier molecular flexibility index (Phi) is 5.34. The van der Waals surface area contributed by atoms with Gasteiger partial charge in [-0.05, 0) is 36.6 Å². The van der Waals surface area contributed by atoms with Crippen molar-refractivity contribution in [1.29, 1.82) is 5.26 Å². The summed E-state index contributed by atoms with van der Waals surface area (Å²) in [6.07, 6.45) is 4.94. The Bertz CT molecular complexity index is 966. The summed E-state index contributed by atoms with van der Waals surface area (Å²) in [5.41, 5.74) is 2.14. The third-order valence-electron chi connectivity index (χ3n) is 5.35. The van der Waals surface area contributed by atoms with Crippen LogP contribution in [0.5, 0.6) is 0 Å². The fraction of sp³-hybridized carbons (Fsp3) is 0.318. The zero-order valence-electron chi connectivity index (χ0n) is 16.1. The summed E-state index contributed by atoms with van der Waals surface area (Å²) in [6.45, 7) is 2.74. The molecule has 0 spiro atoms. The quantitative estimate of drug-likeness (QED) is 0.594. The van der Waals surface area contributed by atoms with Crippen LogP contribution in [0.2, 0.25) is 0 Å². The van der Waals surface area contributed by atoms with Crippen molar-refractivity contribution in [3.05, 3.63) is 65.8 Å². The highest BCUT2D eigenvalue weighted by molar-refractivity contribution is 6.08. The van der Waals surface area contributed by atoms with Crippen molar-refractivity contribution in [1.82, 2.24) is 9.80 Å². The molecular formula is C22H22N4O3. The number of aryl methyl sites for hydroxylation is 1. The first-order valence-corrected chi connectivity index (χ1v) is 9.76. The standard InChI is InChI=1S/C22H22N4O3/c23-15-18(21(27)26-9-3-6-17-5-1-2-7-19(17)26)16-24-10-12-25(13-11-24)22(28)20-8-4-14-29-20/h1-2,4-5,7-8,14,16H,3,6,9-13H2/b18-16-. The van der Waals surface area contributed by atoms with Crippen molar-refractivity contribution >= 4 is 17.5 Å². The number of carbonyl (C=O) groups is 2. The predicted octanol–water partition coefficient (Wildman–Crippen LogP) is 2.42. The molecule has 2 aliphatic rings. The van der Waals surface area contributed by atoms with Crippen LogP contribution in [0.4, 0.5) is 5.69 Å². The molecule has 3 heterocycles. The predicted molar refractivity (Wildman–Crippen MR) is 107 cm³/mol. The lowest BCUT2D eigenvalue weighted by atomic mass is 10.0. The number of rotatable bonds is 3. The molecule has 2 amide bonds. The minimum absolute atomic E-state index is 0.118. The van der Waals surface area contributed by atoms with Gasteiger partial charge >= 0.3 is 0 Å². The second-order valence-electron chi connectivity index (χ2n) is 7.15. The molecule has 2 aromatic rings. The Morgan fingerprint density at radius 2 is 1.83 bits per heavy atom. The first-order chi connectivity index (χ1) is 14.2. The largest absolute Gasteiger partial charge is 0.459 e. The maximum absolute atomic E-state index is 13.0. The molecule has 2 aliphatic heterocycles. The Labute approximate surface area is 169 Å². The molecule has 0 radical (unpaired) electrons. The first kappa shape index (κ1) is 18.8. The van der Waals surface area contributed by atoms with Gasteiger partial charge in [0.15, 0.2) is 5.76 Å². The van der Waals surface area contributed by atoms with E-state index in [1.54, 1.807) is 28.1 Å². The van der Waals surface area contributed by atoms with Crippen molar-refractivity contribution in [2.45, 2.75) is 12.8 Å². The number of nitriles is 1. The molecule has 1 aromatic heterocycles. The number of para-hydroxylation sites is 1. The Hall–Kier alpha value is -3.53. The Morgan fingerprint density at radius 1 is 1.03 bits per heavy atom. The zero-order valence-corrected chi connectivity index (χ0v) is 16.1. The van der Waals surface area contributed by atoms with Crippen molar-refractivity contribution in [3.63, 3.8) is 0 Å². The molecule has 29 heavy (non-hydrogen) atoms. The monoisotopic (exact) mass is 390 g/mol. The number of piperazine rings is 1. The van der Waals surface area contributed by atoms with Crippen LogP contribution in [-0.4, -0.2) is 54.3 Å². The van der Waals surface area contributed by atoms with Gasteiger partial charge in [0, 0.05) is 44.6 Å². The van der Waals surface area contributed by atoms with Crippen molar-refractivity contribution in [3.8, 4) is 6.07 Å². The lowest BCUT2D eigenvalue weighted by molar-refractivity contribution is -0.115. The average Bonchev–Trinajstić information content (AvgIpc) is 3.31. The summed E-state index contributed by atoms with van der Waals surface area (Å²) < 4.78 is 5.17. The van der Waals surface area contributed by atoms with Crippen molar-refractivity contribution in [2.24, 2.45) is 0 Å². The highest BCUT2D eigenvalue weighted by Crippen LogP contribution is 2.28. The number of benzene rings is 1. The summed E-state index contributed by atoms with van der Waals surface area (Å²) >= 11 is 0. The molecule has 0 saturated carbocycles. The highest BCUT2D eigenvalue weighted by Gasteiger charge is 2.27. The number of hydrogen-bond donors (Lipinski definition) is 0. The third kappa shape index (κ3) is 3.87. The molecule has 1 fully saturated rings. The van der Waals surface area contributed by atoms with Gasteiger partial charge in [-0.1, -0.05) is 18.2 Å². The van der Waals surface area contributed by atoms with Crippen LogP contribution in [0.1, 0.15) is 22.5 Å². The molecule has 0 N–H and O–H groups in total. The van der Waals surface area contributed by atoms with Crippen molar-refractivity contribution in [2.75, 3.05) is 37.6 Å². The van der Waals surface area contributed by atoms with Crippen LogP contribution >= 0.6 is 0 Å². The minimum atomic E-state index is -0.270. The van der Waals surface area contributed by atoms with E-state index in [4.69, 9.17) is 4.42 Å². The molecule has 148 valence electrons. The second-order valence-corrected chi connectivity index (χ2v) is 7.15. The van der Waals surface area contributed by atoms with Gasteiger partial charge < -0.3 is 19.1 Å². The molecule has 0 unspecified atom stereocenters. The first-order valence-electron chi connectivity index (χ1n) is 9.76. The summed E-state index contributed by atoms with van der Waals surface area (Å²) in [6, 6.07) is 13.2. The lowest BCUT2D eigenvalue weighted by Crippen LogP contribution is -2.47. The van der Waals surface area contributed by atoms with E-state index in [0.717, 1.165) is 24.1 Å². The smallest absolute Gasteiger partial charge is 0.289 e. The summed E-state index contributed by atoms with van der Waals surface area (Å²) in [5, 5.41) is 9.60. The molecule has 7 nitrogen and oxygen atoms in total. The maximum Gasteiger partial charge on any atom is 0.289 e. The number of hydrogen-bond acceptors (Lipinski definition) is 5. The molecule has 1 saturated heterocycles. The number of furan rings is 1. The highest BCUT2D eigenvalue weighted by atomic mass is 16.3. The van der Waals surface area contributed by atoms with E-state index in [2.05, 4.69) is 6.07 Å². The summed E-state index contributed by atoms with van der Waals surface area (Å²) in [5.74, 6) is -0.0838. The van der Waals surface area contributed by atoms with Crippen molar-refractivity contribution < 1.29 is 14.0 Å². The number of anilines is 1. The number of carbonyl (C=O) groups excluding carboxylic acids is 2. The van der Waals surface area contributed by atoms with Gasteiger partial charge in [0.2, 0.25) is 0 Å². The van der Waals surface area contributed by atoms with Gasteiger partial charge in [-0.2, -0.15) is 5.26 Å². The van der Waals surface area contributed by atoms with Gasteiger partial charge in [0.25, 0.3) is 11.8 Å². The normalized spacial score (nSPS) is 16.9. The Balaban J connectivity index is 1.43. The van der Waals surface area contributed by atoms with E-state index in [-0.39, 0.29) is 17.4 Å². The van der Waals surface area contributed by atoms with Gasteiger partial charge in [0.05, 0.1) is 6.26 Å². The van der Waals surface area contributed by atoms with E-state index >= 15 is 0 Å². The van der Waals surface area contributed by atoms with E-state index < -0.39 is 0 Å². The third-order valence-corrected chi connectivity index (χ3v) is 5.35.